The third kappa shape index (κ3) is 3.38. The van der Waals surface area contributed by atoms with Gasteiger partial charge in [0.1, 0.15) is 5.75 Å². The van der Waals surface area contributed by atoms with Crippen LogP contribution >= 0.6 is 0 Å². The summed E-state index contributed by atoms with van der Waals surface area (Å²) in [5.74, 6) is 0.591. The molecule has 0 saturated heterocycles. The van der Waals surface area contributed by atoms with E-state index in [1.165, 1.54) is 6.92 Å². The number of carbonyl (C=O) groups is 2. The highest BCUT2D eigenvalue weighted by molar-refractivity contribution is 6.13. The highest BCUT2D eigenvalue weighted by Gasteiger charge is 2.22. The molecule has 2 aromatic rings. The van der Waals surface area contributed by atoms with Crippen molar-refractivity contribution in [3.63, 3.8) is 0 Å². The molecule has 1 heterocycles. The number of anilines is 1. The molecule has 0 spiro atoms. The van der Waals surface area contributed by atoms with Crippen LogP contribution in [0, 0.1) is 6.92 Å². The maximum atomic E-state index is 12.8. The third-order valence-corrected chi connectivity index (χ3v) is 3.94. The zero-order valence-corrected chi connectivity index (χ0v) is 13.8. The Morgan fingerprint density at radius 2 is 1.92 bits per heavy atom. The van der Waals surface area contributed by atoms with Crippen LogP contribution in [0.3, 0.4) is 0 Å². The van der Waals surface area contributed by atoms with Crippen molar-refractivity contribution < 1.29 is 14.3 Å². The molecule has 0 radical (unpaired) electrons. The summed E-state index contributed by atoms with van der Waals surface area (Å²) in [6, 6.07) is 13.0. The normalized spacial score (nSPS) is 15.4. The molecular weight excluding hydrogens is 302 g/mol. The summed E-state index contributed by atoms with van der Waals surface area (Å²) in [4.78, 5) is 23.9. The van der Waals surface area contributed by atoms with Crippen molar-refractivity contribution in [3.05, 3.63) is 64.7 Å². The first kappa shape index (κ1) is 16.0. The lowest BCUT2D eigenvalue weighted by molar-refractivity contribution is -0.114. The van der Waals surface area contributed by atoms with Crippen molar-refractivity contribution in [2.24, 2.45) is 0 Å². The monoisotopic (exact) mass is 321 g/mol. The number of hydrogen-bond acceptors (Lipinski definition) is 3. The van der Waals surface area contributed by atoms with Crippen molar-refractivity contribution in [2.75, 3.05) is 11.9 Å². The summed E-state index contributed by atoms with van der Waals surface area (Å²) >= 11 is 0. The second-order valence-electron chi connectivity index (χ2n) is 5.85. The molecule has 2 aromatic carbocycles. The number of fused-ring (bicyclic) bond motifs is 1. The van der Waals surface area contributed by atoms with Crippen LogP contribution in [0.2, 0.25) is 0 Å². The minimum Gasteiger partial charge on any atom is -0.492 e. The second-order valence-corrected chi connectivity index (χ2v) is 5.85. The van der Waals surface area contributed by atoms with E-state index < -0.39 is 0 Å². The Morgan fingerprint density at radius 1 is 1.17 bits per heavy atom. The molecule has 0 aromatic heterocycles. The molecule has 0 aliphatic carbocycles. The molecule has 3 rings (SSSR count). The predicted molar refractivity (Wildman–Crippen MR) is 94.3 cm³/mol. The summed E-state index contributed by atoms with van der Waals surface area (Å²) in [5.41, 5.74) is 3.98. The number of benzene rings is 2. The van der Waals surface area contributed by atoms with Crippen LogP contribution in [-0.4, -0.2) is 18.3 Å². The van der Waals surface area contributed by atoms with Gasteiger partial charge in [-0.3, -0.25) is 9.59 Å². The summed E-state index contributed by atoms with van der Waals surface area (Å²) in [6.07, 6.45) is 2.46. The van der Waals surface area contributed by atoms with Gasteiger partial charge in [0.05, 0.1) is 12.2 Å². The fourth-order valence-corrected chi connectivity index (χ4v) is 2.78. The molecule has 4 nitrogen and oxygen atoms in total. The van der Waals surface area contributed by atoms with Crippen LogP contribution in [-0.2, 0) is 4.79 Å². The molecule has 122 valence electrons. The van der Waals surface area contributed by atoms with Gasteiger partial charge in [0, 0.05) is 24.6 Å². The van der Waals surface area contributed by atoms with Crippen LogP contribution in [0.1, 0.15) is 34.8 Å². The average Bonchev–Trinajstić information content (AvgIpc) is 2.70. The maximum absolute atomic E-state index is 12.8. The van der Waals surface area contributed by atoms with Crippen LogP contribution in [0.25, 0.3) is 6.08 Å². The highest BCUT2D eigenvalue weighted by Crippen LogP contribution is 2.30. The first-order valence-electron chi connectivity index (χ1n) is 7.90. The van der Waals surface area contributed by atoms with Crippen molar-refractivity contribution in [1.29, 1.82) is 0 Å². The molecule has 1 aliphatic rings. The standard InChI is InChI=1S/C20H19NO3/c1-13-4-3-5-18-19(23)16(10-11-24-20(13)18)12-15-6-8-17(9-7-15)21-14(2)22/h3-9,12H,10-11H2,1-2H3,(H,21,22)/b16-12-. The van der Waals surface area contributed by atoms with Gasteiger partial charge in [0.15, 0.2) is 5.78 Å². The summed E-state index contributed by atoms with van der Waals surface area (Å²) in [7, 11) is 0. The number of Topliss-reactive ketones (excluding diaryl/α,β-unsaturated/α-hetero) is 1. The third-order valence-electron chi connectivity index (χ3n) is 3.94. The quantitative estimate of drug-likeness (QED) is 0.851. The number of para-hydroxylation sites is 1. The molecule has 0 unspecified atom stereocenters. The summed E-state index contributed by atoms with van der Waals surface area (Å²) in [6.45, 7) is 3.90. The Kier molecular flexibility index (Phi) is 4.47. The zero-order chi connectivity index (χ0) is 17.1. The van der Waals surface area contributed by atoms with Crippen molar-refractivity contribution in [3.8, 4) is 5.75 Å². The largest absolute Gasteiger partial charge is 0.492 e. The fourth-order valence-electron chi connectivity index (χ4n) is 2.78. The smallest absolute Gasteiger partial charge is 0.221 e. The van der Waals surface area contributed by atoms with Gasteiger partial charge in [-0.2, -0.15) is 0 Å². The number of aryl methyl sites for hydroxylation is 1. The molecular formula is C20H19NO3. The number of ether oxygens (including phenoxy) is 1. The van der Waals surface area contributed by atoms with Gasteiger partial charge in [0.2, 0.25) is 5.91 Å². The minimum atomic E-state index is -0.107. The van der Waals surface area contributed by atoms with Gasteiger partial charge in [-0.1, -0.05) is 24.3 Å². The molecule has 0 atom stereocenters. The van der Waals surface area contributed by atoms with E-state index in [4.69, 9.17) is 4.74 Å². The van der Waals surface area contributed by atoms with E-state index in [0.717, 1.165) is 22.4 Å². The topological polar surface area (TPSA) is 55.4 Å². The van der Waals surface area contributed by atoms with Gasteiger partial charge in [-0.05, 0) is 42.3 Å². The Bertz CT molecular complexity index is 819. The first-order chi connectivity index (χ1) is 11.5. The Hall–Kier alpha value is -2.88. The number of nitrogens with one attached hydrogen (secondary N) is 1. The molecule has 0 fully saturated rings. The number of carbonyl (C=O) groups excluding carboxylic acids is 2. The van der Waals surface area contributed by atoms with E-state index in [0.29, 0.717) is 24.3 Å². The molecule has 0 saturated carbocycles. The second kappa shape index (κ2) is 6.71. The molecule has 1 N–H and O–H groups in total. The van der Waals surface area contributed by atoms with Gasteiger partial charge in [-0.15, -0.1) is 0 Å². The van der Waals surface area contributed by atoms with E-state index in [1.54, 1.807) is 0 Å². The lowest BCUT2D eigenvalue weighted by Crippen LogP contribution is -2.05. The zero-order valence-electron chi connectivity index (χ0n) is 13.8. The first-order valence-corrected chi connectivity index (χ1v) is 7.90. The van der Waals surface area contributed by atoms with Gasteiger partial charge < -0.3 is 10.1 Å². The van der Waals surface area contributed by atoms with Crippen molar-refractivity contribution >= 4 is 23.5 Å². The number of amides is 1. The Labute approximate surface area is 141 Å². The van der Waals surface area contributed by atoms with Crippen molar-refractivity contribution in [1.82, 2.24) is 0 Å². The highest BCUT2D eigenvalue weighted by atomic mass is 16.5. The maximum Gasteiger partial charge on any atom is 0.221 e. The van der Waals surface area contributed by atoms with E-state index in [-0.39, 0.29) is 11.7 Å². The Morgan fingerprint density at radius 3 is 2.62 bits per heavy atom. The lowest BCUT2D eigenvalue weighted by Gasteiger charge is -2.08. The number of hydrogen-bond donors (Lipinski definition) is 1. The molecule has 4 heteroatoms. The fraction of sp³-hybridized carbons (Fsp3) is 0.200. The van der Waals surface area contributed by atoms with Gasteiger partial charge in [-0.25, -0.2) is 0 Å². The van der Waals surface area contributed by atoms with Gasteiger partial charge >= 0.3 is 0 Å². The lowest BCUT2D eigenvalue weighted by atomic mass is 9.98. The predicted octanol–water partition coefficient (Wildman–Crippen LogP) is 4.00. The SMILES string of the molecule is CC(=O)Nc1ccc(/C=C2/CCOc3c(C)cccc3C2=O)cc1. The van der Waals surface area contributed by atoms with Crippen molar-refractivity contribution in [2.45, 2.75) is 20.3 Å². The van der Waals surface area contributed by atoms with E-state index in [9.17, 15) is 9.59 Å². The number of rotatable bonds is 2. The van der Waals surface area contributed by atoms with Crippen LogP contribution in [0.5, 0.6) is 5.75 Å². The summed E-state index contributed by atoms with van der Waals surface area (Å²) in [5, 5.41) is 2.73. The summed E-state index contributed by atoms with van der Waals surface area (Å²) < 4.78 is 5.77. The van der Waals surface area contributed by atoms with Crippen LogP contribution < -0.4 is 10.1 Å². The van der Waals surface area contributed by atoms with Crippen LogP contribution in [0.15, 0.2) is 48.0 Å². The molecule has 1 aliphatic heterocycles. The number of ketones is 1. The molecule has 0 bridgehead atoms. The van der Waals surface area contributed by atoms with E-state index in [2.05, 4.69) is 5.32 Å². The van der Waals surface area contributed by atoms with E-state index >= 15 is 0 Å². The average molecular weight is 321 g/mol. The van der Waals surface area contributed by atoms with Gasteiger partial charge in [0.25, 0.3) is 0 Å². The molecule has 24 heavy (non-hydrogen) atoms. The molecule has 1 amide bonds. The van der Waals surface area contributed by atoms with Crippen LogP contribution in [0.4, 0.5) is 5.69 Å². The van der Waals surface area contributed by atoms with E-state index in [1.807, 2.05) is 55.5 Å². The Balaban J connectivity index is 1.90. The minimum absolute atomic E-state index is 0.0112.